The van der Waals surface area contributed by atoms with E-state index >= 15 is 0 Å². The van der Waals surface area contributed by atoms with Crippen LogP contribution in [0.5, 0.6) is 0 Å². The van der Waals surface area contributed by atoms with Crippen molar-refractivity contribution >= 4 is 11.6 Å². The van der Waals surface area contributed by atoms with Gasteiger partial charge in [-0.05, 0) is 31.5 Å². The molecule has 0 fully saturated rings. The predicted molar refractivity (Wildman–Crippen MR) is 62.2 cm³/mol. The number of hydrogen-bond donors (Lipinski definition) is 1. The molecule has 0 amide bonds. The van der Waals surface area contributed by atoms with Gasteiger partial charge in [-0.2, -0.15) is 0 Å². The molecule has 0 aromatic heterocycles. The fraction of sp³-hybridized carbons (Fsp3) is 0.500. The number of benzene rings is 1. The van der Waals surface area contributed by atoms with E-state index < -0.39 is 17.5 Å². The van der Waals surface area contributed by atoms with E-state index in [1.807, 2.05) is 0 Å². The van der Waals surface area contributed by atoms with Crippen molar-refractivity contribution in [3.05, 3.63) is 34.6 Å². The molecule has 0 radical (unpaired) electrons. The number of ether oxygens (including phenoxy) is 1. The third-order valence-corrected chi connectivity index (χ3v) is 3.03. The minimum atomic E-state index is -0.668. The molecule has 90 valence electrons. The number of rotatable bonds is 4. The Morgan fingerprint density at radius 2 is 2.12 bits per heavy atom. The van der Waals surface area contributed by atoms with Gasteiger partial charge in [0.25, 0.3) is 0 Å². The van der Waals surface area contributed by atoms with Crippen LogP contribution in [0.25, 0.3) is 0 Å². The maximum Gasteiger partial charge on any atom is 0.141 e. The van der Waals surface area contributed by atoms with E-state index in [1.165, 1.54) is 12.1 Å². The highest BCUT2D eigenvalue weighted by Gasteiger charge is 2.27. The average molecular weight is 247 g/mol. The maximum atomic E-state index is 12.9. The largest absolute Gasteiger partial charge is 0.390 e. The molecule has 1 aromatic carbocycles. The summed E-state index contributed by atoms with van der Waals surface area (Å²) in [5.74, 6) is -0.453. The highest BCUT2D eigenvalue weighted by atomic mass is 35.5. The summed E-state index contributed by atoms with van der Waals surface area (Å²) < 4.78 is 18.1. The van der Waals surface area contributed by atoms with Crippen molar-refractivity contribution in [2.24, 2.45) is 0 Å². The SMILES string of the molecule is COC(C)(C)C(O)Cc1ccc(F)c(Cl)c1. The molecule has 16 heavy (non-hydrogen) atoms. The highest BCUT2D eigenvalue weighted by molar-refractivity contribution is 6.30. The molecule has 0 aliphatic carbocycles. The molecule has 1 rings (SSSR count). The van der Waals surface area contributed by atoms with Gasteiger partial charge in [-0.25, -0.2) is 4.39 Å². The lowest BCUT2D eigenvalue weighted by molar-refractivity contribution is -0.0765. The Bertz CT molecular complexity index is 366. The predicted octanol–water partition coefficient (Wildman–Crippen LogP) is 2.81. The molecular formula is C12H16ClFO2. The van der Waals surface area contributed by atoms with Crippen molar-refractivity contribution in [3.63, 3.8) is 0 Å². The fourth-order valence-electron chi connectivity index (χ4n) is 1.27. The lowest BCUT2D eigenvalue weighted by Gasteiger charge is -2.29. The molecular weight excluding hydrogens is 231 g/mol. The van der Waals surface area contributed by atoms with Gasteiger partial charge in [-0.15, -0.1) is 0 Å². The number of halogens is 2. The van der Waals surface area contributed by atoms with Crippen LogP contribution in [0.2, 0.25) is 5.02 Å². The fourth-order valence-corrected chi connectivity index (χ4v) is 1.47. The quantitative estimate of drug-likeness (QED) is 0.885. The first-order chi connectivity index (χ1) is 7.36. The van der Waals surface area contributed by atoms with E-state index in [4.69, 9.17) is 16.3 Å². The zero-order valence-electron chi connectivity index (χ0n) is 9.63. The Hall–Kier alpha value is -0.640. The minimum absolute atomic E-state index is 0.0694. The molecule has 0 heterocycles. The number of hydrogen-bond acceptors (Lipinski definition) is 2. The van der Waals surface area contributed by atoms with Crippen molar-refractivity contribution < 1.29 is 14.2 Å². The van der Waals surface area contributed by atoms with Crippen molar-refractivity contribution in [1.82, 2.24) is 0 Å². The van der Waals surface area contributed by atoms with Crippen molar-refractivity contribution in [1.29, 1.82) is 0 Å². The van der Waals surface area contributed by atoms with Crippen LogP contribution in [-0.2, 0) is 11.2 Å². The highest BCUT2D eigenvalue weighted by Crippen LogP contribution is 2.21. The topological polar surface area (TPSA) is 29.5 Å². The molecule has 0 bridgehead atoms. The van der Waals surface area contributed by atoms with Crippen LogP contribution in [0.3, 0.4) is 0 Å². The zero-order valence-corrected chi connectivity index (χ0v) is 10.4. The number of methoxy groups -OCH3 is 1. The van der Waals surface area contributed by atoms with E-state index in [-0.39, 0.29) is 5.02 Å². The zero-order chi connectivity index (χ0) is 12.3. The summed E-state index contributed by atoms with van der Waals surface area (Å²) in [6.45, 7) is 3.59. The summed E-state index contributed by atoms with van der Waals surface area (Å²) >= 11 is 5.66. The molecule has 0 spiro atoms. The van der Waals surface area contributed by atoms with Gasteiger partial charge in [0, 0.05) is 13.5 Å². The van der Waals surface area contributed by atoms with Crippen LogP contribution < -0.4 is 0 Å². The Morgan fingerprint density at radius 1 is 1.50 bits per heavy atom. The molecule has 1 atom stereocenters. The van der Waals surface area contributed by atoms with Crippen LogP contribution in [0, 0.1) is 5.82 Å². The van der Waals surface area contributed by atoms with E-state index in [0.717, 1.165) is 5.56 Å². The van der Waals surface area contributed by atoms with Gasteiger partial charge in [-0.3, -0.25) is 0 Å². The molecule has 1 unspecified atom stereocenters. The van der Waals surface area contributed by atoms with Crippen molar-refractivity contribution in [2.45, 2.75) is 32.0 Å². The Kier molecular flexibility index (Phi) is 4.30. The second-order valence-corrected chi connectivity index (χ2v) is 4.68. The summed E-state index contributed by atoms with van der Waals surface area (Å²) in [4.78, 5) is 0. The molecule has 1 aromatic rings. The van der Waals surface area contributed by atoms with Gasteiger partial charge < -0.3 is 9.84 Å². The van der Waals surface area contributed by atoms with Crippen LogP contribution in [0.1, 0.15) is 19.4 Å². The lowest BCUT2D eigenvalue weighted by Crippen LogP contribution is -2.39. The van der Waals surface area contributed by atoms with Gasteiger partial charge in [0.1, 0.15) is 5.82 Å². The van der Waals surface area contributed by atoms with Gasteiger partial charge in [0.2, 0.25) is 0 Å². The summed E-state index contributed by atoms with van der Waals surface area (Å²) in [7, 11) is 1.54. The van der Waals surface area contributed by atoms with E-state index in [1.54, 1.807) is 27.0 Å². The van der Waals surface area contributed by atoms with E-state index in [2.05, 4.69) is 0 Å². The maximum absolute atomic E-state index is 12.9. The van der Waals surface area contributed by atoms with Crippen LogP contribution in [0.15, 0.2) is 18.2 Å². The Balaban J connectivity index is 2.77. The van der Waals surface area contributed by atoms with E-state index in [0.29, 0.717) is 6.42 Å². The summed E-state index contributed by atoms with van der Waals surface area (Å²) in [6.07, 6.45) is -0.292. The molecule has 0 saturated carbocycles. The second kappa shape index (κ2) is 5.13. The first kappa shape index (κ1) is 13.4. The van der Waals surface area contributed by atoms with Crippen LogP contribution in [0.4, 0.5) is 4.39 Å². The molecule has 0 saturated heterocycles. The summed E-state index contributed by atoms with van der Waals surface area (Å²) in [5.41, 5.74) is 0.143. The monoisotopic (exact) mass is 246 g/mol. The van der Waals surface area contributed by atoms with Crippen molar-refractivity contribution in [2.75, 3.05) is 7.11 Å². The molecule has 0 aliphatic heterocycles. The smallest absolute Gasteiger partial charge is 0.141 e. The normalized spacial score (nSPS) is 13.9. The molecule has 2 nitrogen and oxygen atoms in total. The van der Waals surface area contributed by atoms with Crippen LogP contribution >= 0.6 is 11.6 Å². The van der Waals surface area contributed by atoms with Gasteiger partial charge in [0.05, 0.1) is 16.7 Å². The van der Waals surface area contributed by atoms with Gasteiger partial charge in [0.15, 0.2) is 0 Å². The van der Waals surface area contributed by atoms with Gasteiger partial charge >= 0.3 is 0 Å². The summed E-state index contributed by atoms with van der Waals surface area (Å²) in [5, 5.41) is 10.00. The van der Waals surface area contributed by atoms with Gasteiger partial charge in [-0.1, -0.05) is 17.7 Å². The minimum Gasteiger partial charge on any atom is -0.390 e. The third-order valence-electron chi connectivity index (χ3n) is 2.74. The number of aliphatic hydroxyl groups excluding tert-OH is 1. The second-order valence-electron chi connectivity index (χ2n) is 4.28. The Labute approximate surface area is 100.0 Å². The number of aliphatic hydroxyl groups is 1. The molecule has 0 aliphatic rings. The molecule has 1 N–H and O–H groups in total. The standard InChI is InChI=1S/C12H16ClFO2/c1-12(2,16-3)11(15)7-8-4-5-10(14)9(13)6-8/h4-6,11,15H,7H2,1-3H3. The van der Waals surface area contributed by atoms with Crippen molar-refractivity contribution in [3.8, 4) is 0 Å². The average Bonchev–Trinajstić information content (AvgIpc) is 2.23. The van der Waals surface area contributed by atoms with Crippen LogP contribution in [-0.4, -0.2) is 23.9 Å². The first-order valence-corrected chi connectivity index (χ1v) is 5.42. The lowest BCUT2D eigenvalue weighted by atomic mass is 9.95. The van der Waals surface area contributed by atoms with E-state index in [9.17, 15) is 9.50 Å². The first-order valence-electron chi connectivity index (χ1n) is 5.04. The summed E-state index contributed by atoms with van der Waals surface area (Å²) in [6, 6.07) is 4.42. The Morgan fingerprint density at radius 3 is 2.62 bits per heavy atom. The molecule has 4 heteroatoms. The third kappa shape index (κ3) is 3.17.